The van der Waals surface area contributed by atoms with Crippen LogP contribution in [0.15, 0.2) is 24.3 Å². The first-order valence-electron chi connectivity index (χ1n) is 4.69. The molecule has 1 aromatic rings. The summed E-state index contributed by atoms with van der Waals surface area (Å²) in [6.07, 6.45) is 0. The summed E-state index contributed by atoms with van der Waals surface area (Å²) in [4.78, 5) is 0. The van der Waals surface area contributed by atoms with Crippen LogP contribution in [0, 0.1) is 0 Å². The lowest BCUT2D eigenvalue weighted by Gasteiger charge is -2.26. The maximum atomic E-state index is 12.3. The van der Waals surface area contributed by atoms with Gasteiger partial charge >= 0.3 is 15.0 Å². The Morgan fingerprint density at radius 2 is 2.06 bits per heavy atom. The van der Waals surface area contributed by atoms with E-state index in [0.29, 0.717) is 11.4 Å². The van der Waals surface area contributed by atoms with Crippen LogP contribution < -0.4 is 8.96 Å². The molecule has 5 nitrogen and oxygen atoms in total. The molecule has 2 rings (SSSR count). The van der Waals surface area contributed by atoms with E-state index in [1.165, 1.54) is 24.9 Å². The standard InChI is InChI=1S/C9H13NO4P2/c1-13-15(2,11)10-8-6-4-5-7-9(8)14-16(10,3)12/h4-7H,1-3H3. The van der Waals surface area contributed by atoms with Crippen molar-refractivity contribution in [2.45, 2.75) is 0 Å². The predicted octanol–water partition coefficient (Wildman–Crippen LogP) is 3.18. The van der Waals surface area contributed by atoms with Gasteiger partial charge in [-0.2, -0.15) is 0 Å². The van der Waals surface area contributed by atoms with Crippen molar-refractivity contribution in [1.29, 1.82) is 0 Å². The Kier molecular flexibility index (Phi) is 2.66. The highest BCUT2D eigenvalue weighted by atomic mass is 31.2. The first kappa shape index (κ1) is 11.7. The SMILES string of the molecule is COP(C)(=O)N1c2ccccc2OP1(C)=O. The van der Waals surface area contributed by atoms with E-state index >= 15 is 0 Å². The van der Waals surface area contributed by atoms with Gasteiger partial charge in [-0.1, -0.05) is 12.1 Å². The van der Waals surface area contributed by atoms with Gasteiger partial charge in [0.05, 0.1) is 5.69 Å². The van der Waals surface area contributed by atoms with Crippen molar-refractivity contribution in [3.05, 3.63) is 24.3 Å². The third-order valence-electron chi connectivity index (χ3n) is 2.38. The van der Waals surface area contributed by atoms with Crippen LogP contribution in [0.25, 0.3) is 0 Å². The molecule has 0 N–H and O–H groups in total. The van der Waals surface area contributed by atoms with Gasteiger partial charge in [0.25, 0.3) is 0 Å². The first-order chi connectivity index (χ1) is 7.38. The Morgan fingerprint density at radius 1 is 1.44 bits per heavy atom. The van der Waals surface area contributed by atoms with Gasteiger partial charge < -0.3 is 9.05 Å². The number of fused-ring (bicyclic) bond motifs is 1. The molecule has 0 spiro atoms. The fourth-order valence-corrected chi connectivity index (χ4v) is 6.24. The molecule has 0 aromatic heterocycles. The normalized spacial score (nSPS) is 27.1. The molecular formula is C9H13NO4P2. The Labute approximate surface area is 94.4 Å². The first-order valence-corrected chi connectivity index (χ1v) is 8.74. The molecule has 0 radical (unpaired) electrons. The lowest BCUT2D eigenvalue weighted by molar-refractivity contribution is 0.399. The van der Waals surface area contributed by atoms with Gasteiger partial charge in [-0.25, -0.2) is 4.44 Å². The number of hydrogen-bond donors (Lipinski definition) is 0. The molecule has 0 saturated heterocycles. The lowest BCUT2D eigenvalue weighted by atomic mass is 10.3. The fourth-order valence-electron chi connectivity index (χ4n) is 1.68. The minimum Gasteiger partial charge on any atom is -0.426 e. The van der Waals surface area contributed by atoms with Crippen LogP contribution >= 0.6 is 15.0 Å². The monoisotopic (exact) mass is 261 g/mol. The van der Waals surface area contributed by atoms with Gasteiger partial charge in [0.15, 0.2) is 5.75 Å². The second-order valence-corrected chi connectivity index (χ2v) is 8.51. The van der Waals surface area contributed by atoms with Crippen molar-refractivity contribution in [3.8, 4) is 5.75 Å². The van der Waals surface area contributed by atoms with Crippen LogP contribution in [0.4, 0.5) is 5.69 Å². The summed E-state index contributed by atoms with van der Waals surface area (Å²) in [6, 6.07) is 6.96. The molecule has 2 atom stereocenters. The van der Waals surface area contributed by atoms with Crippen LogP contribution in [0.1, 0.15) is 0 Å². The molecule has 7 heteroatoms. The van der Waals surface area contributed by atoms with Crippen LogP contribution in [0.5, 0.6) is 5.75 Å². The number of benzene rings is 1. The van der Waals surface area contributed by atoms with E-state index in [1.807, 2.05) is 0 Å². The molecule has 1 aliphatic heterocycles. The van der Waals surface area contributed by atoms with E-state index in [4.69, 9.17) is 9.05 Å². The van der Waals surface area contributed by atoms with Crippen LogP contribution in [-0.4, -0.2) is 20.4 Å². The van der Waals surface area contributed by atoms with Gasteiger partial charge in [-0.05, 0) is 12.1 Å². The Balaban J connectivity index is 2.60. The zero-order valence-electron chi connectivity index (χ0n) is 9.28. The van der Waals surface area contributed by atoms with Crippen molar-refractivity contribution in [1.82, 2.24) is 0 Å². The van der Waals surface area contributed by atoms with Gasteiger partial charge in [-0.15, -0.1) is 0 Å². The second kappa shape index (κ2) is 3.63. The summed E-state index contributed by atoms with van der Waals surface area (Å²) in [5.74, 6) is 0.479. The number of nitrogens with zero attached hydrogens (tertiary/aromatic N) is 1. The Bertz CT molecular complexity index is 502. The Morgan fingerprint density at radius 3 is 2.69 bits per heavy atom. The second-order valence-electron chi connectivity index (χ2n) is 3.64. The third-order valence-corrected chi connectivity index (χ3v) is 7.35. The van der Waals surface area contributed by atoms with E-state index in [2.05, 4.69) is 0 Å². The summed E-state index contributed by atoms with van der Waals surface area (Å²) in [6.45, 7) is 2.86. The average molecular weight is 261 g/mol. The van der Waals surface area contributed by atoms with E-state index in [0.717, 1.165) is 0 Å². The van der Waals surface area contributed by atoms with E-state index in [-0.39, 0.29) is 0 Å². The summed E-state index contributed by atoms with van der Waals surface area (Å²) < 4.78 is 36.0. The van der Waals surface area contributed by atoms with E-state index in [9.17, 15) is 9.13 Å². The summed E-state index contributed by atoms with van der Waals surface area (Å²) >= 11 is 0. The van der Waals surface area contributed by atoms with Crippen molar-refractivity contribution in [3.63, 3.8) is 0 Å². The minimum absolute atomic E-state index is 0.479. The van der Waals surface area contributed by atoms with Crippen molar-refractivity contribution >= 4 is 20.7 Å². The smallest absolute Gasteiger partial charge is 0.347 e. The zero-order valence-corrected chi connectivity index (χ0v) is 11.1. The molecule has 1 aromatic carbocycles. The largest absolute Gasteiger partial charge is 0.426 e. The van der Waals surface area contributed by atoms with E-state index < -0.39 is 15.0 Å². The number of rotatable bonds is 2. The highest BCUT2D eigenvalue weighted by Crippen LogP contribution is 2.71. The highest BCUT2D eigenvalue weighted by molar-refractivity contribution is 7.78. The molecule has 0 saturated carbocycles. The molecule has 88 valence electrons. The maximum absolute atomic E-state index is 12.3. The summed E-state index contributed by atoms with van der Waals surface area (Å²) in [5, 5.41) is 0. The molecule has 16 heavy (non-hydrogen) atoms. The minimum atomic E-state index is -3.13. The molecule has 0 amide bonds. The Hall–Kier alpha value is -0.760. The molecule has 0 fully saturated rings. The number of para-hydroxylation sites is 2. The molecule has 2 unspecified atom stereocenters. The van der Waals surface area contributed by atoms with Crippen LogP contribution in [-0.2, 0) is 13.7 Å². The summed E-state index contributed by atoms with van der Waals surface area (Å²) in [5.41, 5.74) is 0.556. The number of hydrogen-bond acceptors (Lipinski definition) is 4. The fraction of sp³-hybridized carbons (Fsp3) is 0.333. The zero-order chi connectivity index (χ0) is 12.0. The van der Waals surface area contributed by atoms with Crippen molar-refractivity contribution in [2.24, 2.45) is 0 Å². The highest BCUT2D eigenvalue weighted by Gasteiger charge is 2.46. The summed E-state index contributed by atoms with van der Waals surface area (Å²) in [7, 11) is -4.92. The molecular weight excluding hydrogens is 248 g/mol. The van der Waals surface area contributed by atoms with Gasteiger partial charge in [-0.3, -0.25) is 9.13 Å². The molecule has 0 bridgehead atoms. The number of anilines is 1. The predicted molar refractivity (Wildman–Crippen MR) is 63.6 cm³/mol. The van der Waals surface area contributed by atoms with Gasteiger partial charge in [0.1, 0.15) is 0 Å². The molecule has 1 heterocycles. The van der Waals surface area contributed by atoms with Gasteiger partial charge in [0, 0.05) is 20.4 Å². The maximum Gasteiger partial charge on any atom is 0.347 e. The van der Waals surface area contributed by atoms with E-state index in [1.54, 1.807) is 24.3 Å². The van der Waals surface area contributed by atoms with Crippen LogP contribution in [0.3, 0.4) is 0 Å². The topological polar surface area (TPSA) is 55.8 Å². The van der Waals surface area contributed by atoms with Crippen molar-refractivity contribution in [2.75, 3.05) is 24.9 Å². The average Bonchev–Trinajstić information content (AvgIpc) is 2.47. The van der Waals surface area contributed by atoms with Gasteiger partial charge in [0.2, 0.25) is 0 Å². The lowest BCUT2D eigenvalue weighted by Crippen LogP contribution is -2.13. The molecule has 0 aliphatic carbocycles. The van der Waals surface area contributed by atoms with Crippen LogP contribution in [0.2, 0.25) is 0 Å². The molecule has 1 aliphatic rings. The quantitative estimate of drug-likeness (QED) is 0.765. The van der Waals surface area contributed by atoms with Crippen molar-refractivity contribution < 1.29 is 18.2 Å². The third kappa shape index (κ3) is 1.69.